The Bertz CT molecular complexity index is 559. The van der Waals surface area contributed by atoms with Crippen molar-refractivity contribution < 1.29 is 13.2 Å². The molecule has 1 aromatic carbocycles. The summed E-state index contributed by atoms with van der Waals surface area (Å²) < 4.78 is 38.5. The van der Waals surface area contributed by atoms with Crippen molar-refractivity contribution in [3.8, 4) is 11.8 Å². The summed E-state index contributed by atoms with van der Waals surface area (Å²) in [4.78, 5) is 0. The number of benzene rings is 1. The van der Waals surface area contributed by atoms with E-state index in [9.17, 15) is 13.2 Å². The highest BCUT2D eigenvalue weighted by Crippen LogP contribution is 2.57. The third-order valence-electron chi connectivity index (χ3n) is 3.82. The van der Waals surface area contributed by atoms with Gasteiger partial charge in [0.15, 0.2) is 0 Å². The summed E-state index contributed by atoms with van der Waals surface area (Å²) in [5.41, 5.74) is 1.06. The Balaban J connectivity index is 1.94. The summed E-state index contributed by atoms with van der Waals surface area (Å²) in [6.45, 7) is 0.913. The van der Waals surface area contributed by atoms with Crippen molar-refractivity contribution in [2.75, 3.05) is 11.9 Å². The quantitative estimate of drug-likeness (QED) is 0.705. The second-order valence-corrected chi connectivity index (χ2v) is 5.19. The van der Waals surface area contributed by atoms with Crippen molar-refractivity contribution in [2.24, 2.45) is 5.41 Å². The predicted molar refractivity (Wildman–Crippen MR) is 67.9 cm³/mol. The normalized spacial score (nSPS) is 19.7. The van der Waals surface area contributed by atoms with Gasteiger partial charge in [-0.25, -0.2) is 0 Å². The van der Waals surface area contributed by atoms with Crippen LogP contribution in [0.1, 0.15) is 30.4 Å². The Hall–Kier alpha value is -1.63. The number of alkyl halides is 3. The van der Waals surface area contributed by atoms with Gasteiger partial charge in [0.2, 0.25) is 0 Å². The molecule has 1 aromatic rings. The van der Waals surface area contributed by atoms with E-state index in [2.05, 4.69) is 17.2 Å². The van der Waals surface area contributed by atoms with Gasteiger partial charge in [0.1, 0.15) is 5.41 Å². The van der Waals surface area contributed by atoms with Gasteiger partial charge in [-0.05, 0) is 43.4 Å². The number of hydrogen-bond acceptors (Lipinski definition) is 1. The number of hydrogen-bond donors (Lipinski definition) is 1. The number of rotatable bonds is 0. The molecule has 0 aromatic heterocycles. The van der Waals surface area contributed by atoms with Crippen molar-refractivity contribution in [3.05, 3.63) is 29.3 Å². The maximum atomic E-state index is 12.8. The minimum atomic E-state index is -4.20. The topological polar surface area (TPSA) is 12.0 Å². The van der Waals surface area contributed by atoms with Crippen LogP contribution < -0.4 is 5.32 Å². The molecule has 4 heteroatoms. The van der Waals surface area contributed by atoms with Crippen LogP contribution in [0.3, 0.4) is 0 Å². The zero-order chi connectivity index (χ0) is 13.5. The molecule has 0 bridgehead atoms. The van der Waals surface area contributed by atoms with E-state index in [1.165, 1.54) is 0 Å². The average Bonchev–Trinajstić information content (AvgIpc) is 3.17. The summed E-state index contributed by atoms with van der Waals surface area (Å²) in [6.07, 6.45) is -2.05. The van der Waals surface area contributed by atoms with Crippen LogP contribution in [0.4, 0.5) is 18.9 Å². The van der Waals surface area contributed by atoms with Crippen LogP contribution in [0, 0.1) is 17.3 Å². The van der Waals surface area contributed by atoms with Crippen molar-refractivity contribution in [3.63, 3.8) is 0 Å². The molecule has 3 rings (SSSR count). The van der Waals surface area contributed by atoms with E-state index in [-0.39, 0.29) is 12.8 Å². The SMILES string of the molecule is FC(F)(F)C1(C#Cc2cccc3c2CCCN3)CC1. The lowest BCUT2D eigenvalue weighted by molar-refractivity contribution is -0.168. The first-order valence-corrected chi connectivity index (χ1v) is 6.48. The molecule has 0 radical (unpaired) electrons. The summed E-state index contributed by atoms with van der Waals surface area (Å²) >= 11 is 0. The van der Waals surface area contributed by atoms with E-state index in [0.717, 1.165) is 36.2 Å². The molecule has 0 spiro atoms. The van der Waals surface area contributed by atoms with Gasteiger partial charge < -0.3 is 5.32 Å². The van der Waals surface area contributed by atoms with Crippen LogP contribution in [-0.2, 0) is 6.42 Å². The standard InChI is InChI=1S/C15H14F3N/c16-15(17,18)14(8-9-14)7-6-11-3-1-5-13-12(11)4-2-10-19-13/h1,3,5,19H,2,4,8-10H2. The Morgan fingerprint density at radius 3 is 2.68 bits per heavy atom. The molecule has 1 N–H and O–H groups in total. The largest absolute Gasteiger partial charge is 0.405 e. The van der Waals surface area contributed by atoms with Gasteiger partial charge in [-0.3, -0.25) is 0 Å². The minimum absolute atomic E-state index is 0.136. The zero-order valence-corrected chi connectivity index (χ0v) is 10.4. The summed E-state index contributed by atoms with van der Waals surface area (Å²) in [5.74, 6) is 5.25. The molecule has 1 fully saturated rings. The number of fused-ring (bicyclic) bond motifs is 1. The molecule has 2 aliphatic rings. The molecule has 1 saturated carbocycles. The first kappa shape index (κ1) is 12.4. The molecule has 1 aliphatic carbocycles. The van der Waals surface area contributed by atoms with Gasteiger partial charge in [0, 0.05) is 17.8 Å². The lowest BCUT2D eigenvalue weighted by atomic mass is 9.97. The second kappa shape index (κ2) is 4.19. The van der Waals surface area contributed by atoms with E-state index in [0.29, 0.717) is 0 Å². The Labute approximate surface area is 110 Å². The summed E-state index contributed by atoms with van der Waals surface area (Å²) in [6, 6.07) is 5.61. The molecule has 0 saturated heterocycles. The van der Waals surface area contributed by atoms with E-state index in [4.69, 9.17) is 0 Å². The van der Waals surface area contributed by atoms with Gasteiger partial charge in [0.25, 0.3) is 0 Å². The fourth-order valence-corrected chi connectivity index (χ4v) is 2.42. The molecule has 1 nitrogen and oxygen atoms in total. The second-order valence-electron chi connectivity index (χ2n) is 5.19. The molecule has 19 heavy (non-hydrogen) atoms. The average molecular weight is 265 g/mol. The Morgan fingerprint density at radius 1 is 1.21 bits per heavy atom. The van der Waals surface area contributed by atoms with Crippen molar-refractivity contribution in [1.29, 1.82) is 0 Å². The molecule has 0 atom stereocenters. The molecular weight excluding hydrogens is 251 g/mol. The lowest BCUT2D eigenvalue weighted by Gasteiger charge is -2.19. The lowest BCUT2D eigenvalue weighted by Crippen LogP contribution is -2.22. The first-order valence-electron chi connectivity index (χ1n) is 6.48. The van der Waals surface area contributed by atoms with Crippen LogP contribution >= 0.6 is 0 Å². The minimum Gasteiger partial charge on any atom is -0.385 e. The molecule has 0 amide bonds. The Kier molecular flexibility index (Phi) is 2.74. The van der Waals surface area contributed by atoms with Crippen molar-refractivity contribution >= 4 is 5.69 Å². The van der Waals surface area contributed by atoms with E-state index < -0.39 is 11.6 Å². The zero-order valence-electron chi connectivity index (χ0n) is 10.4. The monoisotopic (exact) mass is 265 g/mol. The van der Waals surface area contributed by atoms with Gasteiger partial charge in [-0.2, -0.15) is 13.2 Å². The van der Waals surface area contributed by atoms with Gasteiger partial charge in [-0.1, -0.05) is 17.9 Å². The van der Waals surface area contributed by atoms with Crippen molar-refractivity contribution in [2.45, 2.75) is 31.9 Å². The number of nitrogens with one attached hydrogen (secondary N) is 1. The molecule has 0 unspecified atom stereocenters. The number of anilines is 1. The highest BCUT2D eigenvalue weighted by Gasteiger charge is 2.62. The number of halogens is 3. The first-order chi connectivity index (χ1) is 9.02. The van der Waals surface area contributed by atoms with Crippen LogP contribution in [0.15, 0.2) is 18.2 Å². The van der Waals surface area contributed by atoms with Gasteiger partial charge in [-0.15, -0.1) is 0 Å². The van der Waals surface area contributed by atoms with Crippen LogP contribution in [0.2, 0.25) is 0 Å². The van der Waals surface area contributed by atoms with E-state index in [1.54, 1.807) is 0 Å². The molecule has 1 aliphatic heterocycles. The molecule has 100 valence electrons. The van der Waals surface area contributed by atoms with Crippen LogP contribution in [-0.4, -0.2) is 12.7 Å². The van der Waals surface area contributed by atoms with E-state index in [1.807, 2.05) is 18.2 Å². The van der Waals surface area contributed by atoms with Crippen molar-refractivity contribution in [1.82, 2.24) is 0 Å². The summed E-state index contributed by atoms with van der Waals surface area (Å²) in [5, 5.41) is 3.26. The van der Waals surface area contributed by atoms with Crippen LogP contribution in [0.5, 0.6) is 0 Å². The molecular formula is C15H14F3N. The third kappa shape index (κ3) is 2.18. The fraction of sp³-hybridized carbons (Fsp3) is 0.467. The third-order valence-corrected chi connectivity index (χ3v) is 3.82. The highest BCUT2D eigenvalue weighted by atomic mass is 19.4. The maximum Gasteiger partial charge on any atom is 0.405 e. The Morgan fingerprint density at radius 2 is 2.00 bits per heavy atom. The van der Waals surface area contributed by atoms with E-state index >= 15 is 0 Å². The summed E-state index contributed by atoms with van der Waals surface area (Å²) in [7, 11) is 0. The van der Waals surface area contributed by atoms with Gasteiger partial charge >= 0.3 is 6.18 Å². The smallest absolute Gasteiger partial charge is 0.385 e. The fourth-order valence-electron chi connectivity index (χ4n) is 2.42. The van der Waals surface area contributed by atoms with Gasteiger partial charge in [0.05, 0.1) is 0 Å². The highest BCUT2D eigenvalue weighted by molar-refractivity contribution is 5.60. The predicted octanol–water partition coefficient (Wildman–Crippen LogP) is 3.74. The molecule has 1 heterocycles. The maximum absolute atomic E-state index is 12.8. The van der Waals surface area contributed by atoms with Crippen LogP contribution in [0.25, 0.3) is 0 Å².